The van der Waals surface area contributed by atoms with Gasteiger partial charge in [-0.3, -0.25) is 9.36 Å². The molecule has 0 radical (unpaired) electrons. The largest absolute Gasteiger partial charge is 0.284 e. The highest BCUT2D eigenvalue weighted by atomic mass is 35.5. The Morgan fingerprint density at radius 1 is 0.800 bits per heavy atom. The van der Waals surface area contributed by atoms with E-state index in [2.05, 4.69) is 0 Å². The Hall–Kier alpha value is -2.32. The van der Waals surface area contributed by atoms with Crippen LogP contribution in [0, 0.1) is 0 Å². The van der Waals surface area contributed by atoms with Crippen molar-refractivity contribution in [1.82, 2.24) is 4.57 Å². The molecule has 2 nitrogen and oxygen atoms in total. The van der Waals surface area contributed by atoms with Gasteiger partial charge in [0.15, 0.2) is 0 Å². The van der Waals surface area contributed by atoms with Gasteiger partial charge in [-0.2, -0.15) is 0 Å². The second-order valence-electron chi connectivity index (χ2n) is 4.44. The van der Waals surface area contributed by atoms with Crippen molar-refractivity contribution in [1.29, 1.82) is 0 Å². The Balaban J connectivity index is 2.15. The van der Waals surface area contributed by atoms with Crippen molar-refractivity contribution >= 4 is 11.6 Å². The first kappa shape index (κ1) is 12.7. The predicted octanol–water partition coefficient (Wildman–Crippen LogP) is 4.16. The Morgan fingerprint density at radius 3 is 2.20 bits per heavy atom. The van der Waals surface area contributed by atoms with Crippen LogP contribution < -0.4 is 5.56 Å². The fourth-order valence-electron chi connectivity index (χ4n) is 2.14. The van der Waals surface area contributed by atoms with Gasteiger partial charge in [0.25, 0.3) is 5.56 Å². The molecule has 3 rings (SSSR count). The van der Waals surface area contributed by atoms with E-state index in [0.29, 0.717) is 10.6 Å². The second-order valence-corrected chi connectivity index (χ2v) is 4.88. The van der Waals surface area contributed by atoms with E-state index in [9.17, 15) is 4.79 Å². The number of nitrogens with zero attached hydrogens (tertiary/aromatic N) is 1. The van der Waals surface area contributed by atoms with Gasteiger partial charge in [0.2, 0.25) is 0 Å². The highest BCUT2D eigenvalue weighted by Crippen LogP contribution is 2.18. The fraction of sp³-hybridized carbons (Fsp3) is 0. The van der Waals surface area contributed by atoms with Crippen molar-refractivity contribution in [2.75, 3.05) is 0 Å². The highest BCUT2D eigenvalue weighted by molar-refractivity contribution is 6.30. The van der Waals surface area contributed by atoms with E-state index in [4.69, 9.17) is 11.6 Å². The lowest BCUT2D eigenvalue weighted by molar-refractivity contribution is 0.993. The van der Waals surface area contributed by atoms with Gasteiger partial charge in [-0.25, -0.2) is 0 Å². The van der Waals surface area contributed by atoms with Crippen molar-refractivity contribution in [3.05, 3.63) is 88.3 Å². The summed E-state index contributed by atoms with van der Waals surface area (Å²) in [6, 6.07) is 20.6. The zero-order valence-electron chi connectivity index (χ0n) is 10.7. The van der Waals surface area contributed by atoms with Crippen LogP contribution in [0.4, 0.5) is 0 Å². The molecule has 0 atom stereocenters. The molecule has 0 bridgehead atoms. The maximum Gasteiger partial charge on any atom is 0.262 e. The average molecular weight is 282 g/mol. The van der Waals surface area contributed by atoms with Gasteiger partial charge in [0.05, 0.1) is 0 Å². The molecule has 3 heteroatoms. The normalized spacial score (nSPS) is 10.4. The predicted molar refractivity (Wildman–Crippen MR) is 82.5 cm³/mol. The molecule has 20 heavy (non-hydrogen) atoms. The number of rotatable bonds is 2. The summed E-state index contributed by atoms with van der Waals surface area (Å²) in [4.78, 5) is 12.6. The summed E-state index contributed by atoms with van der Waals surface area (Å²) in [7, 11) is 0. The van der Waals surface area contributed by atoms with Crippen LogP contribution in [0.5, 0.6) is 0 Å². The van der Waals surface area contributed by atoms with Crippen LogP contribution in [0.15, 0.2) is 77.7 Å². The maximum absolute atomic E-state index is 12.6. The van der Waals surface area contributed by atoms with Crippen molar-refractivity contribution in [3.63, 3.8) is 0 Å². The molecule has 98 valence electrons. The van der Waals surface area contributed by atoms with Crippen molar-refractivity contribution in [2.24, 2.45) is 0 Å². The Bertz CT molecular complexity index is 776. The number of benzene rings is 2. The van der Waals surface area contributed by atoms with Gasteiger partial charge in [0, 0.05) is 22.5 Å². The van der Waals surface area contributed by atoms with E-state index < -0.39 is 0 Å². The highest BCUT2D eigenvalue weighted by Gasteiger charge is 2.06. The third kappa shape index (κ3) is 2.38. The standard InChI is InChI=1S/C17H12ClNO/c18-14-10-8-13(9-11-14)16-7-4-12-19(17(16)20)15-5-2-1-3-6-15/h1-12H. The Morgan fingerprint density at radius 2 is 1.50 bits per heavy atom. The zero-order valence-corrected chi connectivity index (χ0v) is 11.4. The number of hydrogen-bond acceptors (Lipinski definition) is 1. The lowest BCUT2D eigenvalue weighted by Crippen LogP contribution is -2.18. The van der Waals surface area contributed by atoms with E-state index in [0.717, 1.165) is 11.3 Å². The molecule has 3 aromatic rings. The molecule has 0 aliphatic heterocycles. The van der Waals surface area contributed by atoms with Gasteiger partial charge in [-0.1, -0.05) is 41.9 Å². The molecule has 0 amide bonds. The molecule has 0 fully saturated rings. The van der Waals surface area contributed by atoms with Crippen LogP contribution in [0.2, 0.25) is 5.02 Å². The van der Waals surface area contributed by atoms with Crippen molar-refractivity contribution < 1.29 is 0 Å². The fourth-order valence-corrected chi connectivity index (χ4v) is 2.26. The maximum atomic E-state index is 12.6. The molecule has 0 saturated heterocycles. The molecule has 1 heterocycles. The minimum atomic E-state index is -0.0407. The van der Waals surface area contributed by atoms with Gasteiger partial charge < -0.3 is 0 Å². The molecule has 0 spiro atoms. The lowest BCUT2D eigenvalue weighted by Gasteiger charge is -2.08. The van der Waals surface area contributed by atoms with Crippen LogP contribution in [0.3, 0.4) is 0 Å². The summed E-state index contributed by atoms with van der Waals surface area (Å²) in [5.41, 5.74) is 2.34. The summed E-state index contributed by atoms with van der Waals surface area (Å²) < 4.78 is 1.64. The SMILES string of the molecule is O=c1c(-c2ccc(Cl)cc2)cccn1-c1ccccc1. The Labute approximate surface area is 121 Å². The van der Waals surface area contributed by atoms with E-state index in [-0.39, 0.29) is 5.56 Å². The molecular formula is C17H12ClNO. The number of hydrogen-bond donors (Lipinski definition) is 0. The van der Waals surface area contributed by atoms with E-state index in [1.807, 2.05) is 54.6 Å². The molecule has 2 aromatic carbocycles. The summed E-state index contributed by atoms with van der Waals surface area (Å²) in [5.74, 6) is 0. The van der Waals surface area contributed by atoms with Crippen LogP contribution in [-0.2, 0) is 0 Å². The quantitative estimate of drug-likeness (QED) is 0.691. The number of aromatic nitrogens is 1. The van der Waals surface area contributed by atoms with E-state index in [1.165, 1.54) is 0 Å². The second kappa shape index (κ2) is 5.35. The molecule has 1 aromatic heterocycles. The smallest absolute Gasteiger partial charge is 0.262 e. The van der Waals surface area contributed by atoms with Gasteiger partial charge in [-0.05, 0) is 42.0 Å². The monoisotopic (exact) mass is 281 g/mol. The number of pyridine rings is 1. The van der Waals surface area contributed by atoms with Crippen LogP contribution >= 0.6 is 11.6 Å². The first-order valence-corrected chi connectivity index (χ1v) is 6.66. The molecule has 0 N–H and O–H groups in total. The summed E-state index contributed by atoms with van der Waals surface area (Å²) in [5, 5.41) is 0.660. The van der Waals surface area contributed by atoms with Crippen LogP contribution in [-0.4, -0.2) is 4.57 Å². The van der Waals surface area contributed by atoms with Crippen molar-refractivity contribution in [2.45, 2.75) is 0 Å². The Kier molecular flexibility index (Phi) is 3.40. The van der Waals surface area contributed by atoms with Gasteiger partial charge in [-0.15, -0.1) is 0 Å². The summed E-state index contributed by atoms with van der Waals surface area (Å²) in [6.45, 7) is 0. The third-order valence-electron chi connectivity index (χ3n) is 3.14. The average Bonchev–Trinajstić information content (AvgIpc) is 2.49. The summed E-state index contributed by atoms with van der Waals surface area (Å²) >= 11 is 5.88. The van der Waals surface area contributed by atoms with E-state index >= 15 is 0 Å². The van der Waals surface area contributed by atoms with Crippen LogP contribution in [0.25, 0.3) is 16.8 Å². The van der Waals surface area contributed by atoms with Gasteiger partial charge in [0.1, 0.15) is 0 Å². The minimum absolute atomic E-state index is 0.0407. The molecule has 0 unspecified atom stereocenters. The molecule has 0 aliphatic carbocycles. The number of halogens is 1. The summed E-state index contributed by atoms with van der Waals surface area (Å²) in [6.07, 6.45) is 1.77. The van der Waals surface area contributed by atoms with Crippen LogP contribution in [0.1, 0.15) is 0 Å². The topological polar surface area (TPSA) is 22.0 Å². The minimum Gasteiger partial charge on any atom is -0.284 e. The lowest BCUT2D eigenvalue weighted by atomic mass is 10.1. The van der Waals surface area contributed by atoms with Crippen molar-refractivity contribution in [3.8, 4) is 16.8 Å². The number of para-hydroxylation sites is 1. The molecule has 0 aliphatic rings. The van der Waals surface area contributed by atoms with E-state index in [1.54, 1.807) is 22.9 Å². The third-order valence-corrected chi connectivity index (χ3v) is 3.39. The van der Waals surface area contributed by atoms with Gasteiger partial charge >= 0.3 is 0 Å². The zero-order chi connectivity index (χ0) is 13.9. The first-order chi connectivity index (χ1) is 9.75. The molecular weight excluding hydrogens is 270 g/mol. The molecule has 0 saturated carbocycles. The first-order valence-electron chi connectivity index (χ1n) is 6.29.